The van der Waals surface area contributed by atoms with Crippen molar-refractivity contribution < 1.29 is 9.90 Å². The molecule has 0 aromatic heterocycles. The Balaban J connectivity index is 2.64. The first-order chi connectivity index (χ1) is 8.02. The minimum absolute atomic E-state index is 0.348. The van der Waals surface area contributed by atoms with Crippen LogP contribution >= 0.6 is 0 Å². The first-order valence-corrected chi connectivity index (χ1v) is 6.07. The largest absolute Gasteiger partial charge is 0.478 e. The van der Waals surface area contributed by atoms with Crippen molar-refractivity contribution in [3.63, 3.8) is 0 Å². The summed E-state index contributed by atoms with van der Waals surface area (Å²) in [6.07, 6.45) is 0. The van der Waals surface area contributed by atoms with Crippen LogP contribution in [0.2, 0.25) is 0 Å². The van der Waals surface area contributed by atoms with E-state index in [0.717, 1.165) is 25.2 Å². The second-order valence-electron chi connectivity index (χ2n) is 4.72. The summed E-state index contributed by atoms with van der Waals surface area (Å²) in [7, 11) is 0. The molecule has 0 unspecified atom stereocenters. The summed E-state index contributed by atoms with van der Waals surface area (Å²) < 4.78 is 0. The molecule has 94 valence electrons. The van der Waals surface area contributed by atoms with E-state index in [0.29, 0.717) is 11.5 Å². The predicted octanol–water partition coefficient (Wildman–Crippen LogP) is 2.86. The summed E-state index contributed by atoms with van der Waals surface area (Å²) in [5.41, 5.74) is 1.51. The lowest BCUT2D eigenvalue weighted by atomic mass is 10.1. The molecule has 0 aliphatic rings. The van der Waals surface area contributed by atoms with Crippen molar-refractivity contribution in [1.29, 1.82) is 0 Å². The van der Waals surface area contributed by atoms with Crippen LogP contribution in [0.1, 0.15) is 36.7 Å². The Morgan fingerprint density at radius 2 is 1.88 bits per heavy atom. The Morgan fingerprint density at radius 1 is 1.29 bits per heavy atom. The second-order valence-corrected chi connectivity index (χ2v) is 4.72. The molecule has 0 saturated carbocycles. The molecule has 0 radical (unpaired) electrons. The van der Waals surface area contributed by atoms with Crippen LogP contribution in [0.15, 0.2) is 24.3 Å². The highest BCUT2D eigenvalue weighted by molar-refractivity contribution is 5.87. The minimum atomic E-state index is -0.869. The molecule has 17 heavy (non-hydrogen) atoms. The maximum Gasteiger partial charge on any atom is 0.335 e. The van der Waals surface area contributed by atoms with E-state index >= 15 is 0 Å². The molecule has 0 aliphatic carbocycles. The molecule has 0 heterocycles. The summed E-state index contributed by atoms with van der Waals surface area (Å²) >= 11 is 0. The number of carboxylic acid groups (broad SMARTS) is 1. The fraction of sp³-hybridized carbons (Fsp3) is 0.500. The highest BCUT2D eigenvalue weighted by atomic mass is 16.4. The summed E-state index contributed by atoms with van der Waals surface area (Å²) in [6, 6.07) is 7.13. The summed E-state index contributed by atoms with van der Waals surface area (Å²) in [5.74, 6) is -0.223. The fourth-order valence-corrected chi connectivity index (χ4v) is 1.83. The molecule has 0 amide bonds. The molecule has 0 saturated heterocycles. The Bertz CT molecular complexity index is 357. The fourth-order valence-electron chi connectivity index (χ4n) is 1.83. The number of carbonyl (C=O) groups is 1. The van der Waals surface area contributed by atoms with Gasteiger partial charge in [-0.3, -0.25) is 4.90 Å². The van der Waals surface area contributed by atoms with Gasteiger partial charge in [0.05, 0.1) is 5.56 Å². The van der Waals surface area contributed by atoms with Crippen LogP contribution in [0.4, 0.5) is 0 Å². The van der Waals surface area contributed by atoms with Crippen LogP contribution < -0.4 is 0 Å². The maximum atomic E-state index is 10.7. The lowest BCUT2D eigenvalue weighted by Crippen LogP contribution is -2.27. The lowest BCUT2D eigenvalue weighted by molar-refractivity contribution is 0.0697. The van der Waals surface area contributed by atoms with Gasteiger partial charge in [-0.15, -0.1) is 0 Å². The van der Waals surface area contributed by atoms with Crippen LogP contribution in [-0.4, -0.2) is 29.1 Å². The van der Waals surface area contributed by atoms with Crippen LogP contribution in [0.5, 0.6) is 0 Å². The van der Waals surface area contributed by atoms with Crippen molar-refractivity contribution in [3.8, 4) is 0 Å². The van der Waals surface area contributed by atoms with E-state index in [-0.39, 0.29) is 0 Å². The average molecular weight is 235 g/mol. The Hall–Kier alpha value is -1.35. The second kappa shape index (κ2) is 6.40. The van der Waals surface area contributed by atoms with Crippen molar-refractivity contribution >= 4 is 5.97 Å². The summed E-state index contributed by atoms with van der Waals surface area (Å²) in [4.78, 5) is 13.1. The normalized spacial score (nSPS) is 11.1. The van der Waals surface area contributed by atoms with Crippen molar-refractivity contribution in [3.05, 3.63) is 35.4 Å². The van der Waals surface area contributed by atoms with Crippen LogP contribution in [0.3, 0.4) is 0 Å². The van der Waals surface area contributed by atoms with E-state index in [1.54, 1.807) is 12.1 Å². The van der Waals surface area contributed by atoms with Crippen LogP contribution in [-0.2, 0) is 6.54 Å². The number of hydrogen-bond donors (Lipinski definition) is 1. The number of rotatable bonds is 6. The van der Waals surface area contributed by atoms with Crippen molar-refractivity contribution in [2.24, 2.45) is 5.92 Å². The first-order valence-electron chi connectivity index (χ1n) is 6.07. The smallest absolute Gasteiger partial charge is 0.335 e. The Morgan fingerprint density at radius 3 is 2.29 bits per heavy atom. The maximum absolute atomic E-state index is 10.7. The highest BCUT2D eigenvalue weighted by Gasteiger charge is 2.07. The highest BCUT2D eigenvalue weighted by Crippen LogP contribution is 2.09. The van der Waals surface area contributed by atoms with Crippen molar-refractivity contribution in [1.82, 2.24) is 4.90 Å². The van der Waals surface area contributed by atoms with E-state index in [4.69, 9.17) is 5.11 Å². The number of aromatic carboxylic acids is 1. The van der Waals surface area contributed by atoms with Gasteiger partial charge >= 0.3 is 5.97 Å². The SMILES string of the molecule is CCN(Cc1ccc(C(=O)O)cc1)CC(C)C. The third-order valence-corrected chi connectivity index (χ3v) is 2.68. The molecule has 3 nitrogen and oxygen atoms in total. The van der Waals surface area contributed by atoms with Gasteiger partial charge in [-0.05, 0) is 30.2 Å². The van der Waals surface area contributed by atoms with Crippen molar-refractivity contribution in [2.75, 3.05) is 13.1 Å². The molecule has 0 atom stereocenters. The van der Waals surface area contributed by atoms with Gasteiger partial charge in [-0.2, -0.15) is 0 Å². The molecule has 1 N–H and O–H groups in total. The predicted molar refractivity (Wildman–Crippen MR) is 69.2 cm³/mol. The molecule has 0 fully saturated rings. The van der Waals surface area contributed by atoms with E-state index in [9.17, 15) is 4.79 Å². The standard InChI is InChI=1S/C14H21NO2/c1-4-15(9-11(2)3)10-12-5-7-13(8-6-12)14(16)17/h5-8,11H,4,9-10H2,1-3H3,(H,16,17). The average Bonchev–Trinajstić information content (AvgIpc) is 2.28. The topological polar surface area (TPSA) is 40.5 Å². The molecule has 0 spiro atoms. The zero-order chi connectivity index (χ0) is 12.8. The van der Waals surface area contributed by atoms with Gasteiger partial charge in [0.2, 0.25) is 0 Å². The third kappa shape index (κ3) is 4.57. The van der Waals surface area contributed by atoms with E-state index in [2.05, 4.69) is 25.7 Å². The zero-order valence-corrected chi connectivity index (χ0v) is 10.8. The Kier molecular flexibility index (Phi) is 5.16. The number of hydrogen-bond acceptors (Lipinski definition) is 2. The van der Waals surface area contributed by atoms with Gasteiger partial charge in [-0.1, -0.05) is 32.9 Å². The third-order valence-electron chi connectivity index (χ3n) is 2.68. The van der Waals surface area contributed by atoms with E-state index < -0.39 is 5.97 Å². The molecule has 0 bridgehead atoms. The van der Waals surface area contributed by atoms with Gasteiger partial charge in [0.15, 0.2) is 0 Å². The zero-order valence-electron chi connectivity index (χ0n) is 10.8. The van der Waals surface area contributed by atoms with Gasteiger partial charge in [0.25, 0.3) is 0 Å². The Labute approximate surface area is 103 Å². The van der Waals surface area contributed by atoms with Crippen LogP contribution in [0.25, 0.3) is 0 Å². The van der Waals surface area contributed by atoms with E-state index in [1.807, 2.05) is 12.1 Å². The molecule has 0 aliphatic heterocycles. The first kappa shape index (κ1) is 13.7. The minimum Gasteiger partial charge on any atom is -0.478 e. The van der Waals surface area contributed by atoms with Gasteiger partial charge in [0.1, 0.15) is 0 Å². The molecule has 1 aromatic carbocycles. The molecule has 3 heteroatoms. The van der Waals surface area contributed by atoms with Gasteiger partial charge < -0.3 is 5.11 Å². The molecular weight excluding hydrogens is 214 g/mol. The number of benzene rings is 1. The van der Waals surface area contributed by atoms with Gasteiger partial charge in [-0.25, -0.2) is 4.79 Å². The van der Waals surface area contributed by atoms with Crippen molar-refractivity contribution in [2.45, 2.75) is 27.3 Å². The van der Waals surface area contributed by atoms with Gasteiger partial charge in [0, 0.05) is 13.1 Å². The van der Waals surface area contributed by atoms with E-state index in [1.165, 1.54) is 0 Å². The van der Waals surface area contributed by atoms with Crippen LogP contribution in [0, 0.1) is 5.92 Å². The monoisotopic (exact) mass is 235 g/mol. The summed E-state index contributed by atoms with van der Waals surface area (Å²) in [5, 5.41) is 8.81. The molecule has 1 aromatic rings. The lowest BCUT2D eigenvalue weighted by Gasteiger charge is -2.22. The molecular formula is C14H21NO2. The molecule has 1 rings (SSSR count). The number of nitrogens with zero attached hydrogens (tertiary/aromatic N) is 1. The quantitative estimate of drug-likeness (QED) is 0.824. The number of carboxylic acids is 1. The summed E-state index contributed by atoms with van der Waals surface area (Å²) in [6.45, 7) is 9.52.